The fourth-order valence-electron chi connectivity index (χ4n) is 2.65. The molecule has 0 amide bonds. The Labute approximate surface area is 134 Å². The van der Waals surface area contributed by atoms with Gasteiger partial charge in [0, 0.05) is 24.8 Å². The van der Waals surface area contributed by atoms with E-state index in [1.54, 1.807) is 0 Å². The second-order valence-electron chi connectivity index (χ2n) is 6.07. The summed E-state index contributed by atoms with van der Waals surface area (Å²) in [6, 6.07) is 1.53. The van der Waals surface area contributed by atoms with E-state index >= 15 is 0 Å². The van der Waals surface area contributed by atoms with Gasteiger partial charge in [0.2, 0.25) is 5.43 Å². The van der Waals surface area contributed by atoms with Crippen molar-refractivity contribution in [2.45, 2.75) is 46.7 Å². The number of nitrogens with zero attached hydrogens (tertiary/aromatic N) is 3. The van der Waals surface area contributed by atoms with Gasteiger partial charge in [-0.25, -0.2) is 0 Å². The molecule has 0 atom stereocenters. The van der Waals surface area contributed by atoms with E-state index in [1.807, 2.05) is 6.92 Å². The summed E-state index contributed by atoms with van der Waals surface area (Å²) in [7, 11) is 4.14. The van der Waals surface area contributed by atoms with Crippen LogP contribution in [0.2, 0.25) is 0 Å². The molecule has 0 saturated carbocycles. The Morgan fingerprint density at radius 1 is 1.18 bits per heavy atom. The van der Waals surface area contributed by atoms with Crippen LogP contribution in [0.5, 0.6) is 5.75 Å². The maximum atomic E-state index is 11.9. The molecule has 0 aliphatic carbocycles. The highest BCUT2D eigenvalue weighted by Crippen LogP contribution is 2.17. The van der Waals surface area contributed by atoms with Crippen molar-refractivity contribution in [3.8, 4) is 5.75 Å². The lowest BCUT2D eigenvalue weighted by Crippen LogP contribution is -2.27. The summed E-state index contributed by atoms with van der Waals surface area (Å²) >= 11 is 0. The summed E-state index contributed by atoms with van der Waals surface area (Å²) < 4.78 is 2.10. The first-order chi connectivity index (χ1) is 10.4. The van der Waals surface area contributed by atoms with Gasteiger partial charge in [-0.3, -0.25) is 9.69 Å². The van der Waals surface area contributed by atoms with E-state index in [2.05, 4.69) is 42.3 Å². The van der Waals surface area contributed by atoms with Gasteiger partial charge in [0.15, 0.2) is 5.75 Å². The Morgan fingerprint density at radius 2 is 1.82 bits per heavy atom. The minimum atomic E-state index is -0.274. The standard InChI is InChI=1S/C17H31N3O2/c1-6-19(7-2)13-15-17(22)16(21)12-14(3)20(15)11-9-8-10-18(4)5/h12,22H,6-11,13H2,1-5H3. The third-order valence-corrected chi connectivity index (χ3v) is 4.10. The van der Waals surface area contributed by atoms with Crippen LogP contribution in [-0.2, 0) is 13.1 Å². The topological polar surface area (TPSA) is 48.7 Å². The molecule has 126 valence electrons. The van der Waals surface area contributed by atoms with Crippen molar-refractivity contribution < 1.29 is 5.11 Å². The number of pyridine rings is 1. The predicted octanol–water partition coefficient (Wildman–Crippen LogP) is 2.05. The minimum Gasteiger partial charge on any atom is -0.503 e. The summed E-state index contributed by atoms with van der Waals surface area (Å²) in [5.74, 6) is -0.0925. The van der Waals surface area contributed by atoms with Crippen LogP contribution < -0.4 is 5.43 Å². The number of unbranched alkanes of at least 4 members (excludes halogenated alkanes) is 1. The average Bonchev–Trinajstić information content (AvgIpc) is 2.47. The first-order valence-corrected chi connectivity index (χ1v) is 8.20. The quantitative estimate of drug-likeness (QED) is 0.709. The monoisotopic (exact) mass is 309 g/mol. The normalized spacial score (nSPS) is 11.6. The van der Waals surface area contributed by atoms with Crippen molar-refractivity contribution in [1.82, 2.24) is 14.4 Å². The molecule has 22 heavy (non-hydrogen) atoms. The molecule has 1 N–H and O–H groups in total. The van der Waals surface area contributed by atoms with Gasteiger partial charge in [-0.1, -0.05) is 13.8 Å². The lowest BCUT2D eigenvalue weighted by molar-refractivity contribution is 0.277. The molecular formula is C17H31N3O2. The fourth-order valence-corrected chi connectivity index (χ4v) is 2.65. The van der Waals surface area contributed by atoms with Gasteiger partial charge < -0.3 is 14.6 Å². The minimum absolute atomic E-state index is 0.0925. The van der Waals surface area contributed by atoms with Gasteiger partial charge in [-0.05, 0) is 53.5 Å². The molecule has 5 nitrogen and oxygen atoms in total. The van der Waals surface area contributed by atoms with Crippen molar-refractivity contribution in [3.05, 3.63) is 27.7 Å². The van der Waals surface area contributed by atoms with Crippen LogP contribution >= 0.6 is 0 Å². The molecule has 1 rings (SSSR count). The van der Waals surface area contributed by atoms with Crippen molar-refractivity contribution >= 4 is 0 Å². The molecule has 0 aliphatic heterocycles. The zero-order valence-electron chi connectivity index (χ0n) is 14.7. The smallest absolute Gasteiger partial charge is 0.223 e. The maximum Gasteiger partial charge on any atom is 0.223 e. The summed E-state index contributed by atoms with van der Waals surface area (Å²) in [5, 5.41) is 10.2. The lowest BCUT2D eigenvalue weighted by atomic mass is 10.2. The van der Waals surface area contributed by atoms with Gasteiger partial charge in [0.1, 0.15) is 0 Å². The highest BCUT2D eigenvalue weighted by molar-refractivity contribution is 5.29. The van der Waals surface area contributed by atoms with Crippen molar-refractivity contribution in [2.75, 3.05) is 33.7 Å². The van der Waals surface area contributed by atoms with Crippen LogP contribution in [0.3, 0.4) is 0 Å². The summed E-state index contributed by atoms with van der Waals surface area (Å²) in [6.07, 6.45) is 2.14. The summed E-state index contributed by atoms with van der Waals surface area (Å²) in [4.78, 5) is 16.3. The van der Waals surface area contributed by atoms with Crippen LogP contribution in [-0.4, -0.2) is 53.2 Å². The van der Waals surface area contributed by atoms with E-state index in [9.17, 15) is 9.90 Å². The second-order valence-corrected chi connectivity index (χ2v) is 6.07. The molecule has 0 aromatic carbocycles. The van der Waals surface area contributed by atoms with E-state index in [0.717, 1.165) is 50.4 Å². The lowest BCUT2D eigenvalue weighted by Gasteiger charge is -2.24. The van der Waals surface area contributed by atoms with Gasteiger partial charge in [-0.2, -0.15) is 0 Å². The SMILES string of the molecule is CCN(CC)Cc1c(O)c(=O)cc(C)n1CCCCN(C)C. The summed E-state index contributed by atoms with van der Waals surface area (Å²) in [5.41, 5.74) is 1.40. The Morgan fingerprint density at radius 3 is 2.36 bits per heavy atom. The Kier molecular flexibility index (Phi) is 7.62. The van der Waals surface area contributed by atoms with Gasteiger partial charge in [0.05, 0.1) is 5.69 Å². The highest BCUT2D eigenvalue weighted by Gasteiger charge is 2.15. The zero-order valence-corrected chi connectivity index (χ0v) is 14.7. The third-order valence-electron chi connectivity index (χ3n) is 4.10. The fraction of sp³-hybridized carbons (Fsp3) is 0.706. The Balaban J connectivity index is 2.97. The van der Waals surface area contributed by atoms with E-state index < -0.39 is 0 Å². The Bertz CT molecular complexity index is 519. The molecule has 0 spiro atoms. The molecule has 0 aliphatic rings. The highest BCUT2D eigenvalue weighted by atomic mass is 16.3. The predicted molar refractivity (Wildman–Crippen MR) is 91.5 cm³/mol. The number of hydrogen-bond acceptors (Lipinski definition) is 4. The number of aromatic hydroxyl groups is 1. The number of hydrogen-bond donors (Lipinski definition) is 1. The molecule has 0 saturated heterocycles. The largest absolute Gasteiger partial charge is 0.503 e. The number of aryl methyl sites for hydroxylation is 1. The second kappa shape index (κ2) is 8.96. The average molecular weight is 309 g/mol. The summed E-state index contributed by atoms with van der Waals surface area (Å²) in [6.45, 7) is 10.4. The van der Waals surface area contributed by atoms with Crippen LogP contribution in [0.1, 0.15) is 38.1 Å². The van der Waals surface area contributed by atoms with E-state index in [4.69, 9.17) is 0 Å². The van der Waals surface area contributed by atoms with Gasteiger partial charge in [-0.15, -0.1) is 0 Å². The molecule has 1 heterocycles. The van der Waals surface area contributed by atoms with Gasteiger partial charge >= 0.3 is 0 Å². The molecule has 0 unspecified atom stereocenters. The van der Waals surface area contributed by atoms with Crippen LogP contribution in [0.4, 0.5) is 0 Å². The number of rotatable bonds is 9. The molecule has 1 aromatic rings. The third kappa shape index (κ3) is 5.14. The molecular weight excluding hydrogens is 278 g/mol. The maximum absolute atomic E-state index is 11.9. The Hall–Kier alpha value is -1.33. The van der Waals surface area contributed by atoms with Crippen LogP contribution in [0.25, 0.3) is 0 Å². The first kappa shape index (κ1) is 18.7. The zero-order chi connectivity index (χ0) is 16.7. The molecule has 1 aromatic heterocycles. The first-order valence-electron chi connectivity index (χ1n) is 8.20. The molecule has 0 radical (unpaired) electrons. The van der Waals surface area contributed by atoms with E-state index in [-0.39, 0.29) is 11.2 Å². The van der Waals surface area contributed by atoms with E-state index in [1.165, 1.54) is 6.07 Å². The van der Waals surface area contributed by atoms with Crippen LogP contribution in [0, 0.1) is 6.92 Å². The van der Waals surface area contributed by atoms with Crippen molar-refractivity contribution in [1.29, 1.82) is 0 Å². The molecule has 5 heteroatoms. The van der Waals surface area contributed by atoms with Gasteiger partial charge in [0.25, 0.3) is 0 Å². The molecule has 0 fully saturated rings. The van der Waals surface area contributed by atoms with Crippen molar-refractivity contribution in [3.63, 3.8) is 0 Å². The number of aromatic nitrogens is 1. The molecule has 0 bridgehead atoms. The van der Waals surface area contributed by atoms with Crippen molar-refractivity contribution in [2.24, 2.45) is 0 Å². The van der Waals surface area contributed by atoms with Crippen LogP contribution in [0.15, 0.2) is 10.9 Å². The van der Waals surface area contributed by atoms with E-state index in [0.29, 0.717) is 6.54 Å².